The van der Waals surface area contributed by atoms with E-state index in [0.717, 1.165) is 24.6 Å². The lowest BCUT2D eigenvalue weighted by Crippen LogP contribution is -2.40. The topological polar surface area (TPSA) is 26.3 Å². The van der Waals surface area contributed by atoms with Crippen molar-refractivity contribution in [1.29, 1.82) is 0 Å². The zero-order valence-electron chi connectivity index (χ0n) is 6.73. The summed E-state index contributed by atoms with van der Waals surface area (Å²) in [5.41, 5.74) is -0.171. The maximum absolute atomic E-state index is 11.3. The molecule has 1 aliphatic carbocycles. The van der Waals surface area contributed by atoms with E-state index in [1.165, 1.54) is 0 Å². The molecule has 0 aromatic heterocycles. The summed E-state index contributed by atoms with van der Waals surface area (Å²) in [4.78, 5) is 11.3. The third-order valence-electron chi connectivity index (χ3n) is 2.27. The Morgan fingerprint density at radius 3 is 2.55 bits per heavy atom. The van der Waals surface area contributed by atoms with E-state index in [1.54, 1.807) is 0 Å². The van der Waals surface area contributed by atoms with E-state index < -0.39 is 0 Å². The maximum atomic E-state index is 11.3. The van der Waals surface area contributed by atoms with Crippen LogP contribution in [0, 0.1) is 5.41 Å². The Labute approximate surface area is 75.4 Å². The van der Waals surface area contributed by atoms with Crippen LogP contribution < -0.4 is 0 Å². The maximum Gasteiger partial charge on any atom is 0.312 e. The zero-order valence-corrected chi connectivity index (χ0v) is 8.32. The van der Waals surface area contributed by atoms with Gasteiger partial charge in [-0.25, -0.2) is 0 Å². The van der Waals surface area contributed by atoms with Crippen LogP contribution in [-0.2, 0) is 9.53 Å². The smallest absolute Gasteiger partial charge is 0.312 e. The average Bonchev–Trinajstić information content (AvgIpc) is 1.87. The van der Waals surface area contributed by atoms with Crippen LogP contribution in [-0.4, -0.2) is 17.9 Å². The van der Waals surface area contributed by atoms with Gasteiger partial charge in [-0.1, -0.05) is 22.4 Å². The molecule has 0 heterocycles. The molecule has 0 spiro atoms. The van der Waals surface area contributed by atoms with E-state index in [4.69, 9.17) is 4.74 Å². The number of alkyl halides is 1. The average molecular weight is 221 g/mol. The summed E-state index contributed by atoms with van der Waals surface area (Å²) in [5, 5.41) is 0.749. The molecule has 0 atom stereocenters. The van der Waals surface area contributed by atoms with Gasteiger partial charge < -0.3 is 4.74 Å². The molecule has 1 rings (SSSR count). The van der Waals surface area contributed by atoms with Crippen LogP contribution >= 0.6 is 15.9 Å². The first-order valence-electron chi connectivity index (χ1n) is 3.98. The van der Waals surface area contributed by atoms with Gasteiger partial charge in [-0.05, 0) is 19.8 Å². The molecule has 0 radical (unpaired) electrons. The quantitative estimate of drug-likeness (QED) is 0.539. The highest BCUT2D eigenvalue weighted by Gasteiger charge is 2.44. The Kier molecular flexibility index (Phi) is 2.93. The number of esters is 1. The standard InChI is InChI=1S/C8H13BrO2/c1-2-11-7(10)8(6-9)4-3-5-8/h2-6H2,1H3. The summed E-state index contributed by atoms with van der Waals surface area (Å²) in [6.45, 7) is 2.34. The van der Waals surface area contributed by atoms with Crippen molar-refractivity contribution in [3.8, 4) is 0 Å². The van der Waals surface area contributed by atoms with Crippen LogP contribution in [0.5, 0.6) is 0 Å². The summed E-state index contributed by atoms with van der Waals surface area (Å²) < 4.78 is 4.97. The third kappa shape index (κ3) is 1.58. The van der Waals surface area contributed by atoms with Crippen molar-refractivity contribution in [3.05, 3.63) is 0 Å². The van der Waals surface area contributed by atoms with Crippen molar-refractivity contribution in [2.24, 2.45) is 5.41 Å². The molecular weight excluding hydrogens is 208 g/mol. The van der Waals surface area contributed by atoms with Gasteiger partial charge in [0.15, 0.2) is 0 Å². The summed E-state index contributed by atoms with van der Waals surface area (Å²) >= 11 is 3.35. The van der Waals surface area contributed by atoms with Crippen molar-refractivity contribution in [3.63, 3.8) is 0 Å². The first kappa shape index (κ1) is 9.04. The van der Waals surface area contributed by atoms with Crippen LogP contribution in [0.4, 0.5) is 0 Å². The Balaban J connectivity index is 2.47. The van der Waals surface area contributed by atoms with Gasteiger partial charge in [-0.3, -0.25) is 4.79 Å². The second kappa shape index (κ2) is 3.57. The number of halogens is 1. The minimum absolute atomic E-state index is 0.0249. The SMILES string of the molecule is CCOC(=O)C1(CBr)CCC1. The lowest BCUT2D eigenvalue weighted by atomic mass is 9.70. The molecule has 0 aliphatic heterocycles. The van der Waals surface area contributed by atoms with E-state index in [2.05, 4.69) is 15.9 Å². The minimum atomic E-state index is -0.171. The monoisotopic (exact) mass is 220 g/mol. The fourth-order valence-electron chi connectivity index (χ4n) is 1.28. The first-order valence-corrected chi connectivity index (χ1v) is 5.10. The van der Waals surface area contributed by atoms with Crippen molar-refractivity contribution >= 4 is 21.9 Å². The fourth-order valence-corrected chi connectivity index (χ4v) is 2.07. The van der Waals surface area contributed by atoms with E-state index in [9.17, 15) is 4.79 Å². The predicted molar refractivity (Wildman–Crippen MR) is 46.7 cm³/mol. The van der Waals surface area contributed by atoms with Gasteiger partial charge in [-0.15, -0.1) is 0 Å². The number of ether oxygens (including phenoxy) is 1. The van der Waals surface area contributed by atoms with E-state index >= 15 is 0 Å². The largest absolute Gasteiger partial charge is 0.466 e. The molecule has 1 aliphatic rings. The number of rotatable bonds is 3. The summed E-state index contributed by atoms with van der Waals surface area (Å²) in [6.07, 6.45) is 3.12. The van der Waals surface area contributed by atoms with Crippen LogP contribution in [0.25, 0.3) is 0 Å². The minimum Gasteiger partial charge on any atom is -0.466 e. The number of hydrogen-bond donors (Lipinski definition) is 0. The molecule has 0 N–H and O–H groups in total. The van der Waals surface area contributed by atoms with Crippen LogP contribution in [0.3, 0.4) is 0 Å². The predicted octanol–water partition coefficient (Wildman–Crippen LogP) is 2.11. The molecule has 0 saturated heterocycles. The molecule has 0 aromatic rings. The third-order valence-corrected chi connectivity index (χ3v) is 3.35. The Morgan fingerprint density at radius 2 is 2.27 bits per heavy atom. The summed E-state index contributed by atoms with van der Waals surface area (Å²) in [7, 11) is 0. The van der Waals surface area contributed by atoms with Crippen molar-refractivity contribution < 1.29 is 9.53 Å². The van der Waals surface area contributed by atoms with Gasteiger partial charge in [0.1, 0.15) is 0 Å². The Bertz CT molecular complexity index is 147. The van der Waals surface area contributed by atoms with Gasteiger partial charge in [0.05, 0.1) is 12.0 Å². The van der Waals surface area contributed by atoms with Crippen molar-refractivity contribution in [2.75, 3.05) is 11.9 Å². The van der Waals surface area contributed by atoms with E-state index in [-0.39, 0.29) is 11.4 Å². The van der Waals surface area contributed by atoms with Crippen LogP contribution in [0.2, 0.25) is 0 Å². The first-order chi connectivity index (χ1) is 5.25. The molecule has 0 amide bonds. The molecule has 1 saturated carbocycles. The summed E-state index contributed by atoms with van der Waals surface area (Å²) in [5.74, 6) is -0.0249. The number of hydrogen-bond acceptors (Lipinski definition) is 2. The normalized spacial score (nSPS) is 20.5. The number of carbonyl (C=O) groups excluding carboxylic acids is 1. The molecule has 0 aromatic carbocycles. The number of carbonyl (C=O) groups is 1. The lowest BCUT2D eigenvalue weighted by Gasteiger charge is -2.37. The van der Waals surface area contributed by atoms with Gasteiger partial charge in [0.2, 0.25) is 0 Å². The Morgan fingerprint density at radius 1 is 1.64 bits per heavy atom. The molecule has 0 bridgehead atoms. The lowest BCUT2D eigenvalue weighted by molar-refractivity contribution is -0.158. The highest BCUT2D eigenvalue weighted by atomic mass is 79.9. The van der Waals surface area contributed by atoms with Gasteiger partial charge in [0.25, 0.3) is 0 Å². The highest BCUT2D eigenvalue weighted by molar-refractivity contribution is 9.09. The van der Waals surface area contributed by atoms with Gasteiger partial charge in [-0.2, -0.15) is 0 Å². The Hall–Kier alpha value is -0.0500. The molecule has 11 heavy (non-hydrogen) atoms. The van der Waals surface area contributed by atoms with Gasteiger partial charge in [0, 0.05) is 5.33 Å². The van der Waals surface area contributed by atoms with E-state index in [1.807, 2.05) is 6.92 Å². The molecule has 1 fully saturated rings. The van der Waals surface area contributed by atoms with Crippen LogP contribution in [0.1, 0.15) is 26.2 Å². The zero-order chi connectivity index (χ0) is 8.32. The van der Waals surface area contributed by atoms with Crippen molar-refractivity contribution in [2.45, 2.75) is 26.2 Å². The van der Waals surface area contributed by atoms with Crippen LogP contribution in [0.15, 0.2) is 0 Å². The van der Waals surface area contributed by atoms with Gasteiger partial charge >= 0.3 is 5.97 Å². The molecule has 2 nitrogen and oxygen atoms in total. The second-order valence-corrected chi connectivity index (χ2v) is 3.55. The molecule has 0 unspecified atom stereocenters. The fraction of sp³-hybridized carbons (Fsp3) is 0.875. The second-order valence-electron chi connectivity index (χ2n) is 2.99. The van der Waals surface area contributed by atoms with Crippen molar-refractivity contribution in [1.82, 2.24) is 0 Å². The van der Waals surface area contributed by atoms with E-state index in [0.29, 0.717) is 6.61 Å². The molecule has 64 valence electrons. The molecule has 3 heteroatoms. The molecular formula is C8H13BrO2. The highest BCUT2D eigenvalue weighted by Crippen LogP contribution is 2.43. The summed E-state index contributed by atoms with van der Waals surface area (Å²) in [6, 6.07) is 0.